The third-order valence-electron chi connectivity index (χ3n) is 2.70. The van der Waals surface area contributed by atoms with Crippen LogP contribution < -0.4 is 14.8 Å². The number of rotatable bonds is 9. The van der Waals surface area contributed by atoms with Crippen molar-refractivity contribution in [3.05, 3.63) is 34.8 Å². The lowest BCUT2D eigenvalue weighted by molar-refractivity contribution is 0.324. The van der Waals surface area contributed by atoms with Gasteiger partial charge in [0.1, 0.15) is 6.61 Å². The largest absolute Gasteiger partial charge is 0.493 e. The van der Waals surface area contributed by atoms with E-state index in [1.807, 2.05) is 12.1 Å². The Kier molecular flexibility index (Phi) is 7.65. The maximum absolute atomic E-state index is 5.60. The summed E-state index contributed by atoms with van der Waals surface area (Å²) in [6.45, 7) is 6.86. The van der Waals surface area contributed by atoms with Gasteiger partial charge in [-0.05, 0) is 47.7 Å². The molecule has 0 radical (unpaired) electrons. The molecule has 0 saturated carbocycles. The molecule has 0 amide bonds. The predicted octanol–water partition coefficient (Wildman–Crippen LogP) is 2.67. The Labute approximate surface area is 129 Å². The molecule has 0 saturated heterocycles. The highest BCUT2D eigenvalue weighted by Gasteiger charge is 2.11. The van der Waals surface area contributed by atoms with Gasteiger partial charge in [0.2, 0.25) is 0 Å². The van der Waals surface area contributed by atoms with E-state index >= 15 is 0 Å². The number of nitrogens with zero attached hydrogens (tertiary/aromatic N) is 1. The van der Waals surface area contributed by atoms with Gasteiger partial charge in [0.05, 0.1) is 11.6 Å². The molecule has 0 aromatic heterocycles. The number of likely N-dealkylation sites (N-methyl/N-ethyl adjacent to an activating group) is 1. The van der Waals surface area contributed by atoms with Gasteiger partial charge < -0.3 is 19.7 Å². The number of hydrogen-bond acceptors (Lipinski definition) is 4. The van der Waals surface area contributed by atoms with Crippen molar-refractivity contribution in [3.63, 3.8) is 0 Å². The van der Waals surface area contributed by atoms with Crippen molar-refractivity contribution in [1.29, 1.82) is 0 Å². The zero-order chi connectivity index (χ0) is 15.0. The molecule has 0 heterocycles. The number of benzene rings is 1. The third-order valence-corrected chi connectivity index (χ3v) is 3.29. The lowest BCUT2D eigenvalue weighted by Crippen LogP contribution is -2.26. The average Bonchev–Trinajstić information content (AvgIpc) is 2.41. The molecule has 0 unspecified atom stereocenters. The van der Waals surface area contributed by atoms with Crippen LogP contribution in [0.3, 0.4) is 0 Å². The Morgan fingerprint density at radius 1 is 1.40 bits per heavy atom. The second kappa shape index (κ2) is 9.00. The zero-order valence-electron chi connectivity index (χ0n) is 12.4. The fourth-order valence-electron chi connectivity index (χ4n) is 1.69. The van der Waals surface area contributed by atoms with Crippen LogP contribution in [0, 0.1) is 0 Å². The van der Waals surface area contributed by atoms with E-state index in [9.17, 15) is 0 Å². The number of hydrogen-bond donors (Lipinski definition) is 1. The van der Waals surface area contributed by atoms with E-state index in [2.05, 4.69) is 46.8 Å². The predicted molar refractivity (Wildman–Crippen MR) is 86.6 cm³/mol. The molecule has 0 spiro atoms. The summed E-state index contributed by atoms with van der Waals surface area (Å²) in [6, 6.07) is 4.04. The Morgan fingerprint density at radius 3 is 2.75 bits per heavy atom. The maximum Gasteiger partial charge on any atom is 0.175 e. The van der Waals surface area contributed by atoms with Gasteiger partial charge in [-0.2, -0.15) is 0 Å². The first-order valence-corrected chi connectivity index (χ1v) is 7.33. The van der Waals surface area contributed by atoms with Crippen molar-refractivity contribution in [3.8, 4) is 11.5 Å². The lowest BCUT2D eigenvalue weighted by atomic mass is 10.2. The normalized spacial score (nSPS) is 10.7. The average molecular weight is 343 g/mol. The van der Waals surface area contributed by atoms with Crippen LogP contribution in [0.1, 0.15) is 5.56 Å². The topological polar surface area (TPSA) is 33.7 Å². The van der Waals surface area contributed by atoms with Gasteiger partial charge in [0.15, 0.2) is 11.5 Å². The van der Waals surface area contributed by atoms with Gasteiger partial charge in [0.25, 0.3) is 0 Å². The second-order valence-corrected chi connectivity index (χ2v) is 5.54. The van der Waals surface area contributed by atoms with E-state index in [-0.39, 0.29) is 0 Å². The molecule has 4 nitrogen and oxygen atoms in total. The van der Waals surface area contributed by atoms with Crippen molar-refractivity contribution >= 4 is 15.9 Å². The third kappa shape index (κ3) is 5.53. The van der Waals surface area contributed by atoms with Crippen LogP contribution in [-0.2, 0) is 6.54 Å². The van der Waals surface area contributed by atoms with Gasteiger partial charge in [0, 0.05) is 19.6 Å². The molecule has 0 aliphatic carbocycles. The molecule has 0 fully saturated rings. The minimum Gasteiger partial charge on any atom is -0.493 e. The molecule has 1 rings (SSSR count). The highest BCUT2D eigenvalue weighted by Crippen LogP contribution is 2.36. The van der Waals surface area contributed by atoms with Crippen LogP contribution in [-0.4, -0.2) is 45.8 Å². The molecule has 1 N–H and O–H groups in total. The molecule has 0 aliphatic rings. The van der Waals surface area contributed by atoms with E-state index in [0.29, 0.717) is 12.4 Å². The minimum atomic E-state index is 0.454. The molecule has 0 atom stereocenters. The molecule has 1 aromatic carbocycles. The van der Waals surface area contributed by atoms with Gasteiger partial charge in [-0.15, -0.1) is 0 Å². The van der Waals surface area contributed by atoms with Crippen LogP contribution in [0.15, 0.2) is 29.3 Å². The van der Waals surface area contributed by atoms with E-state index in [1.165, 1.54) is 0 Å². The molecule has 1 aromatic rings. The highest BCUT2D eigenvalue weighted by atomic mass is 79.9. The molecule has 0 aliphatic heterocycles. The molecule has 112 valence electrons. The summed E-state index contributed by atoms with van der Waals surface area (Å²) in [5.41, 5.74) is 1.15. The summed E-state index contributed by atoms with van der Waals surface area (Å²) < 4.78 is 11.9. The van der Waals surface area contributed by atoms with Gasteiger partial charge >= 0.3 is 0 Å². The van der Waals surface area contributed by atoms with Crippen LogP contribution in [0.25, 0.3) is 0 Å². The summed E-state index contributed by atoms with van der Waals surface area (Å²) in [6.07, 6.45) is 1.71. The number of halogens is 1. The highest BCUT2D eigenvalue weighted by molar-refractivity contribution is 9.10. The Balaban J connectivity index is 2.69. The lowest BCUT2D eigenvalue weighted by Gasteiger charge is -2.14. The van der Waals surface area contributed by atoms with Crippen molar-refractivity contribution in [2.24, 2.45) is 0 Å². The fourth-order valence-corrected chi connectivity index (χ4v) is 2.30. The Hall–Kier alpha value is -1.04. The number of methoxy groups -OCH3 is 1. The van der Waals surface area contributed by atoms with Crippen molar-refractivity contribution in [2.45, 2.75) is 6.54 Å². The van der Waals surface area contributed by atoms with Gasteiger partial charge in [-0.25, -0.2) is 0 Å². The molecule has 0 bridgehead atoms. The zero-order valence-corrected chi connectivity index (χ0v) is 14.0. The molecule has 20 heavy (non-hydrogen) atoms. The molecule has 5 heteroatoms. The van der Waals surface area contributed by atoms with E-state index in [4.69, 9.17) is 9.47 Å². The van der Waals surface area contributed by atoms with Crippen molar-refractivity contribution < 1.29 is 9.47 Å². The summed E-state index contributed by atoms with van der Waals surface area (Å²) >= 11 is 3.53. The van der Waals surface area contributed by atoms with Crippen molar-refractivity contribution in [1.82, 2.24) is 10.2 Å². The van der Waals surface area contributed by atoms with Crippen LogP contribution in [0.4, 0.5) is 0 Å². The number of ether oxygens (including phenoxy) is 2. The SMILES string of the molecule is C=CCOc1c(Br)cc(CNCCN(C)C)cc1OC. The van der Waals surface area contributed by atoms with Crippen LogP contribution in [0.2, 0.25) is 0 Å². The summed E-state index contributed by atoms with van der Waals surface area (Å²) in [4.78, 5) is 2.15. The first-order chi connectivity index (χ1) is 9.58. The minimum absolute atomic E-state index is 0.454. The summed E-state index contributed by atoms with van der Waals surface area (Å²) in [7, 11) is 5.77. The Morgan fingerprint density at radius 2 is 2.15 bits per heavy atom. The summed E-state index contributed by atoms with van der Waals surface area (Å²) in [5.74, 6) is 1.44. The fraction of sp³-hybridized carbons (Fsp3) is 0.467. The van der Waals surface area contributed by atoms with Crippen LogP contribution >= 0.6 is 15.9 Å². The first-order valence-electron chi connectivity index (χ1n) is 6.54. The van der Waals surface area contributed by atoms with E-state index in [0.717, 1.165) is 35.4 Å². The molecular formula is C15H23BrN2O2. The number of nitrogens with one attached hydrogen (secondary N) is 1. The monoisotopic (exact) mass is 342 g/mol. The van der Waals surface area contributed by atoms with Gasteiger partial charge in [-0.1, -0.05) is 12.7 Å². The Bertz CT molecular complexity index is 436. The standard InChI is InChI=1S/C15H23BrN2O2/c1-5-8-20-15-13(16)9-12(10-14(15)19-4)11-17-6-7-18(2)3/h5,9-10,17H,1,6-8,11H2,2-4H3. The second-order valence-electron chi connectivity index (χ2n) is 4.69. The van der Waals surface area contributed by atoms with Crippen LogP contribution in [0.5, 0.6) is 11.5 Å². The van der Waals surface area contributed by atoms with Crippen molar-refractivity contribution in [2.75, 3.05) is 40.9 Å². The molecular weight excluding hydrogens is 320 g/mol. The van der Waals surface area contributed by atoms with E-state index in [1.54, 1.807) is 13.2 Å². The first kappa shape index (κ1) is 17.0. The quantitative estimate of drug-likeness (QED) is 0.552. The maximum atomic E-state index is 5.60. The smallest absolute Gasteiger partial charge is 0.175 e. The summed E-state index contributed by atoms with van der Waals surface area (Å²) in [5, 5.41) is 3.40. The van der Waals surface area contributed by atoms with Gasteiger partial charge in [-0.3, -0.25) is 0 Å². The van der Waals surface area contributed by atoms with E-state index < -0.39 is 0 Å².